The molecule has 1 aliphatic rings. The van der Waals surface area contributed by atoms with Gasteiger partial charge in [-0.1, -0.05) is 48.9 Å². The molecule has 0 radical (unpaired) electrons. The van der Waals surface area contributed by atoms with Crippen molar-refractivity contribution in [3.05, 3.63) is 69.2 Å². The maximum Gasteiger partial charge on any atom is 0.417 e. The highest BCUT2D eigenvalue weighted by molar-refractivity contribution is 7.10. The number of amides is 2. The number of thiazole rings is 1. The minimum absolute atomic E-state index is 0.0337. The fraction of sp³-hybridized carbons (Fsp3) is 0.444. The first kappa shape index (κ1) is 27.3. The fourth-order valence-corrected chi connectivity index (χ4v) is 5.06. The molecule has 6 nitrogen and oxygen atoms in total. The van der Waals surface area contributed by atoms with Crippen LogP contribution in [-0.4, -0.2) is 34.6 Å². The molecule has 1 fully saturated rings. The van der Waals surface area contributed by atoms with E-state index in [1.54, 1.807) is 11.3 Å². The normalized spacial score (nSPS) is 18.5. The number of rotatable bonds is 11. The van der Waals surface area contributed by atoms with Gasteiger partial charge in [-0.05, 0) is 63.7 Å². The van der Waals surface area contributed by atoms with Crippen LogP contribution in [0.25, 0.3) is 6.08 Å². The van der Waals surface area contributed by atoms with Crippen molar-refractivity contribution in [2.24, 2.45) is 5.92 Å². The molecule has 0 saturated carbocycles. The molecule has 0 spiro atoms. The van der Waals surface area contributed by atoms with Crippen molar-refractivity contribution in [3.63, 3.8) is 0 Å². The molecule has 0 N–H and O–H groups in total. The van der Waals surface area contributed by atoms with Crippen LogP contribution in [0.15, 0.2) is 52.9 Å². The number of nitrogens with zero attached hydrogens (tertiary/aromatic N) is 2. The van der Waals surface area contributed by atoms with E-state index in [1.165, 1.54) is 10.5 Å². The first-order chi connectivity index (χ1) is 16.8. The molecular formula is C27H35N2O4PS. The Kier molecular flexibility index (Phi) is 10.2. The lowest BCUT2D eigenvalue weighted by Crippen LogP contribution is -2.37. The number of imide groups is 1. The summed E-state index contributed by atoms with van der Waals surface area (Å²) in [7, 11) is 2.37. The summed E-state index contributed by atoms with van der Waals surface area (Å²) in [6.45, 7) is 8.27. The Bertz CT molecular complexity index is 1070. The number of cyclic esters (lactones) is 1. The molecule has 1 saturated heterocycles. The van der Waals surface area contributed by atoms with Gasteiger partial charge in [-0.15, -0.1) is 11.3 Å². The molecule has 0 bridgehead atoms. The number of hydrogen-bond acceptors (Lipinski definition) is 6. The minimum atomic E-state index is -0.550. The quantitative estimate of drug-likeness (QED) is 0.241. The lowest BCUT2D eigenvalue weighted by molar-refractivity contribution is -0.133. The third kappa shape index (κ3) is 7.57. The highest BCUT2D eigenvalue weighted by Gasteiger charge is 2.40. The summed E-state index contributed by atoms with van der Waals surface area (Å²) in [6.07, 6.45) is 6.93. The summed E-state index contributed by atoms with van der Waals surface area (Å²) in [4.78, 5) is 31.2. The van der Waals surface area contributed by atoms with E-state index in [-0.39, 0.29) is 30.6 Å². The summed E-state index contributed by atoms with van der Waals surface area (Å²) >= 11 is 1.64. The predicted octanol–water partition coefficient (Wildman–Crippen LogP) is 6.89. The molecule has 1 aromatic carbocycles. The number of ether oxygens (including phenoxy) is 1. The van der Waals surface area contributed by atoms with E-state index in [0.29, 0.717) is 6.42 Å². The van der Waals surface area contributed by atoms with Crippen LogP contribution >= 0.6 is 20.8 Å². The zero-order chi connectivity index (χ0) is 25.4. The number of allylic oxidation sites excluding steroid dienone is 1. The van der Waals surface area contributed by atoms with Crippen molar-refractivity contribution in [1.29, 1.82) is 0 Å². The SMILES string of the molecule is C/C(=C/C[C@H](OP)/C(C)=C/c1csc(C)n1)CCC[C@H](C)C(=O)N1C(=O)OC[C@H]1c1ccccc1. The predicted molar refractivity (Wildman–Crippen MR) is 144 cm³/mol. The molecule has 1 unspecified atom stereocenters. The first-order valence-electron chi connectivity index (χ1n) is 12.0. The number of carbonyl (C=O) groups excluding carboxylic acids is 2. The summed E-state index contributed by atoms with van der Waals surface area (Å²) in [6, 6.07) is 9.22. The topological polar surface area (TPSA) is 68.7 Å². The van der Waals surface area contributed by atoms with Crippen molar-refractivity contribution >= 4 is 38.9 Å². The number of aryl methyl sites for hydroxylation is 1. The van der Waals surface area contributed by atoms with Crippen LogP contribution in [0, 0.1) is 12.8 Å². The van der Waals surface area contributed by atoms with Gasteiger partial charge in [0.2, 0.25) is 5.91 Å². The van der Waals surface area contributed by atoms with Gasteiger partial charge in [0.15, 0.2) is 0 Å². The van der Waals surface area contributed by atoms with E-state index in [4.69, 9.17) is 9.26 Å². The van der Waals surface area contributed by atoms with Crippen molar-refractivity contribution in [2.45, 2.75) is 65.5 Å². The van der Waals surface area contributed by atoms with Crippen LogP contribution in [-0.2, 0) is 14.1 Å². The van der Waals surface area contributed by atoms with Gasteiger partial charge < -0.3 is 9.26 Å². The average molecular weight is 515 g/mol. The molecule has 0 aliphatic carbocycles. The van der Waals surface area contributed by atoms with E-state index in [1.807, 2.05) is 49.6 Å². The highest BCUT2D eigenvalue weighted by atomic mass is 32.1. The van der Waals surface area contributed by atoms with Crippen LogP contribution in [0.4, 0.5) is 4.79 Å². The average Bonchev–Trinajstić information content (AvgIpc) is 3.44. The molecule has 2 aromatic rings. The summed E-state index contributed by atoms with van der Waals surface area (Å²) in [5, 5.41) is 3.10. The van der Waals surface area contributed by atoms with E-state index < -0.39 is 6.09 Å². The summed E-state index contributed by atoms with van der Waals surface area (Å²) < 4.78 is 10.8. The third-order valence-corrected chi connectivity index (χ3v) is 7.41. The monoisotopic (exact) mass is 514 g/mol. The Labute approximate surface area is 214 Å². The second kappa shape index (κ2) is 13.1. The molecule has 1 aliphatic heterocycles. The highest BCUT2D eigenvalue weighted by Crippen LogP contribution is 2.30. The van der Waals surface area contributed by atoms with Crippen molar-refractivity contribution in [3.8, 4) is 0 Å². The van der Waals surface area contributed by atoms with Gasteiger partial charge in [-0.2, -0.15) is 0 Å². The van der Waals surface area contributed by atoms with Gasteiger partial charge in [0.05, 0.1) is 16.8 Å². The Morgan fingerprint density at radius 1 is 1.34 bits per heavy atom. The van der Waals surface area contributed by atoms with Gasteiger partial charge in [0.1, 0.15) is 12.6 Å². The number of carbonyl (C=O) groups is 2. The molecular weight excluding hydrogens is 479 g/mol. The lowest BCUT2D eigenvalue weighted by atomic mass is 9.98. The van der Waals surface area contributed by atoms with Gasteiger partial charge >= 0.3 is 6.09 Å². The molecule has 1 aromatic heterocycles. The van der Waals surface area contributed by atoms with Crippen molar-refractivity contribution < 1.29 is 18.8 Å². The second-order valence-corrected chi connectivity index (χ2v) is 10.4. The number of hydrogen-bond donors (Lipinski definition) is 0. The van der Waals surface area contributed by atoms with E-state index >= 15 is 0 Å². The smallest absolute Gasteiger partial charge is 0.417 e. The molecule has 4 atom stereocenters. The Hall–Kier alpha value is -2.34. The van der Waals surface area contributed by atoms with Crippen LogP contribution < -0.4 is 0 Å². The standard InChI is InChI=1S/C27H35N2O4PS/c1-18(13-14-25(33-34)20(3)15-23-17-35-21(4)28-23)9-8-10-19(2)26(30)29-24(16-32-27(29)31)22-11-6-5-7-12-22/h5-7,11-13,15,17,19,24-25H,8-10,14,16,34H2,1-4H3/b18-13-,20-15+/t19-,24-,25-/m0/s1. The van der Waals surface area contributed by atoms with E-state index in [0.717, 1.165) is 41.1 Å². The van der Waals surface area contributed by atoms with E-state index in [9.17, 15) is 9.59 Å². The minimum Gasteiger partial charge on any atom is -0.446 e. The van der Waals surface area contributed by atoms with Gasteiger partial charge in [0.25, 0.3) is 0 Å². The third-order valence-electron chi connectivity index (χ3n) is 6.29. The molecule has 35 heavy (non-hydrogen) atoms. The van der Waals surface area contributed by atoms with E-state index in [2.05, 4.69) is 40.5 Å². The van der Waals surface area contributed by atoms with Gasteiger partial charge in [-0.3, -0.25) is 4.79 Å². The lowest BCUT2D eigenvalue weighted by Gasteiger charge is -2.23. The Balaban J connectivity index is 1.49. The van der Waals surface area contributed by atoms with Crippen LogP contribution in [0.1, 0.15) is 68.8 Å². The van der Waals surface area contributed by atoms with Crippen LogP contribution in [0.5, 0.6) is 0 Å². The maximum absolute atomic E-state index is 13.1. The van der Waals surface area contributed by atoms with Crippen molar-refractivity contribution in [1.82, 2.24) is 9.88 Å². The Morgan fingerprint density at radius 3 is 2.74 bits per heavy atom. The molecule has 2 amide bonds. The molecule has 188 valence electrons. The van der Waals surface area contributed by atoms with Crippen LogP contribution in [0.3, 0.4) is 0 Å². The second-order valence-electron chi connectivity index (χ2n) is 9.10. The molecule has 3 rings (SSSR count). The van der Waals surface area contributed by atoms with Crippen molar-refractivity contribution in [2.75, 3.05) is 6.61 Å². The summed E-state index contributed by atoms with van der Waals surface area (Å²) in [5.41, 5.74) is 4.27. The largest absolute Gasteiger partial charge is 0.446 e. The number of benzene rings is 1. The van der Waals surface area contributed by atoms with Crippen LogP contribution in [0.2, 0.25) is 0 Å². The maximum atomic E-state index is 13.1. The number of aromatic nitrogens is 1. The first-order valence-corrected chi connectivity index (χ1v) is 13.3. The summed E-state index contributed by atoms with van der Waals surface area (Å²) in [5.74, 6) is -0.424. The zero-order valence-electron chi connectivity index (χ0n) is 20.9. The van der Waals surface area contributed by atoms with Gasteiger partial charge in [0, 0.05) is 20.8 Å². The molecule has 8 heteroatoms. The zero-order valence-corrected chi connectivity index (χ0v) is 22.9. The van der Waals surface area contributed by atoms with Gasteiger partial charge in [-0.25, -0.2) is 14.7 Å². The Morgan fingerprint density at radius 2 is 2.09 bits per heavy atom. The fourth-order valence-electron chi connectivity index (χ4n) is 4.17. The molecule has 2 heterocycles.